The van der Waals surface area contributed by atoms with E-state index in [0.717, 1.165) is 12.1 Å². The van der Waals surface area contributed by atoms with Gasteiger partial charge in [0.15, 0.2) is 0 Å². The molecule has 0 saturated carbocycles. The lowest BCUT2D eigenvalue weighted by molar-refractivity contribution is 0.275. The smallest absolute Gasteiger partial charge is 0.399 e. The number of anilines is 1. The minimum absolute atomic E-state index is 0.840. The quantitative estimate of drug-likeness (QED) is 0.415. The van der Waals surface area contributed by atoms with Crippen molar-refractivity contribution in [3.05, 3.63) is 29.8 Å². The Morgan fingerprint density at radius 1 is 1.21 bits per heavy atom. The maximum atomic E-state index is 8.88. The summed E-state index contributed by atoms with van der Waals surface area (Å²) in [6.45, 7) is 2.13. The summed E-state index contributed by atoms with van der Waals surface area (Å²) in [7, 11) is -4.64. The molecule has 0 unspecified atom stereocenters. The molecule has 14 heavy (non-hydrogen) atoms. The average Bonchev–Trinajstić information content (AvgIpc) is 2.03. The zero-order valence-corrected chi connectivity index (χ0v) is 8.69. The van der Waals surface area contributed by atoms with Gasteiger partial charge >= 0.3 is 7.82 Å². The van der Waals surface area contributed by atoms with Crippen LogP contribution < -0.4 is 5.73 Å². The molecule has 1 rings (SSSR count). The summed E-state index contributed by atoms with van der Waals surface area (Å²) in [6.07, 6.45) is 1.08. The molecule has 0 atom stereocenters. The van der Waals surface area contributed by atoms with E-state index >= 15 is 0 Å². The fraction of sp³-hybridized carbons (Fsp3) is 0.250. The normalized spacial score (nSPS) is 10.3. The summed E-state index contributed by atoms with van der Waals surface area (Å²) >= 11 is 0. The fourth-order valence-electron chi connectivity index (χ4n) is 0.753. The molecule has 0 heterocycles. The highest BCUT2D eigenvalue weighted by Crippen LogP contribution is 2.25. The van der Waals surface area contributed by atoms with Crippen molar-refractivity contribution in [3.8, 4) is 0 Å². The molecule has 0 aliphatic heterocycles. The number of rotatable bonds is 1. The minimum Gasteiger partial charge on any atom is -0.399 e. The second-order valence-corrected chi connectivity index (χ2v) is 3.63. The van der Waals surface area contributed by atoms with E-state index in [4.69, 9.17) is 25.0 Å². The van der Waals surface area contributed by atoms with E-state index in [1.54, 1.807) is 0 Å². The number of benzene rings is 1. The van der Waals surface area contributed by atoms with Gasteiger partial charge in [0.05, 0.1) is 0 Å². The zero-order chi connectivity index (χ0) is 11.2. The maximum absolute atomic E-state index is 8.88. The Bertz CT molecular complexity index is 297. The second-order valence-electron chi connectivity index (χ2n) is 2.61. The maximum Gasteiger partial charge on any atom is 0.466 e. The summed E-state index contributed by atoms with van der Waals surface area (Å²) in [5.74, 6) is 0. The van der Waals surface area contributed by atoms with Crippen LogP contribution in [-0.4, -0.2) is 14.7 Å². The molecule has 1 aromatic rings. The van der Waals surface area contributed by atoms with E-state index in [-0.39, 0.29) is 0 Å². The van der Waals surface area contributed by atoms with E-state index < -0.39 is 7.82 Å². The van der Waals surface area contributed by atoms with Gasteiger partial charge in [-0.2, -0.15) is 0 Å². The van der Waals surface area contributed by atoms with Gasteiger partial charge in [-0.3, -0.25) is 0 Å². The largest absolute Gasteiger partial charge is 0.466 e. The number of nitrogen functional groups attached to an aromatic ring is 1. The van der Waals surface area contributed by atoms with Crippen LogP contribution in [0.15, 0.2) is 24.3 Å². The Balaban J connectivity index is 0.000000292. The van der Waals surface area contributed by atoms with Gasteiger partial charge in [-0.15, -0.1) is 0 Å². The summed E-state index contributed by atoms with van der Waals surface area (Å²) in [6, 6.07) is 7.96. The molecule has 6 heteroatoms. The van der Waals surface area contributed by atoms with Crippen LogP contribution in [0.5, 0.6) is 0 Å². The molecular formula is C8H14NO4P. The molecule has 0 amide bonds. The number of hydrogen-bond acceptors (Lipinski definition) is 2. The van der Waals surface area contributed by atoms with Crippen molar-refractivity contribution in [1.82, 2.24) is 0 Å². The third kappa shape index (κ3) is 9.22. The summed E-state index contributed by atoms with van der Waals surface area (Å²) in [5, 5.41) is 0. The predicted octanol–water partition coefficient (Wildman–Crippen LogP) is 0.903. The van der Waals surface area contributed by atoms with Gasteiger partial charge in [0.2, 0.25) is 0 Å². The van der Waals surface area contributed by atoms with Gasteiger partial charge in [-0.05, 0) is 24.1 Å². The molecular weight excluding hydrogens is 205 g/mol. The van der Waals surface area contributed by atoms with Crippen LogP contribution in [0, 0.1) is 0 Å². The highest BCUT2D eigenvalue weighted by atomic mass is 31.2. The van der Waals surface area contributed by atoms with Crippen LogP contribution in [0.2, 0.25) is 0 Å². The van der Waals surface area contributed by atoms with Gasteiger partial charge in [-0.1, -0.05) is 19.1 Å². The average molecular weight is 219 g/mol. The highest BCUT2D eigenvalue weighted by molar-refractivity contribution is 7.45. The third-order valence-electron chi connectivity index (χ3n) is 1.39. The number of hydrogen-bond donors (Lipinski definition) is 4. The Morgan fingerprint density at radius 3 is 1.86 bits per heavy atom. The first-order valence-electron chi connectivity index (χ1n) is 3.95. The van der Waals surface area contributed by atoms with Crippen LogP contribution >= 0.6 is 7.82 Å². The fourth-order valence-corrected chi connectivity index (χ4v) is 0.753. The van der Waals surface area contributed by atoms with E-state index in [0.29, 0.717) is 0 Å². The van der Waals surface area contributed by atoms with Crippen molar-refractivity contribution < 1.29 is 19.2 Å². The van der Waals surface area contributed by atoms with Crippen molar-refractivity contribution in [1.29, 1.82) is 0 Å². The van der Waals surface area contributed by atoms with Crippen LogP contribution in [0.3, 0.4) is 0 Å². The monoisotopic (exact) mass is 219 g/mol. The number of nitrogens with two attached hydrogens (primary N) is 1. The first kappa shape index (κ1) is 13.1. The lowest BCUT2D eigenvalue weighted by Crippen LogP contribution is -1.84. The van der Waals surface area contributed by atoms with E-state index in [2.05, 4.69) is 19.1 Å². The molecule has 0 radical (unpaired) electrons. The molecule has 0 spiro atoms. The molecule has 0 aliphatic carbocycles. The molecule has 80 valence electrons. The van der Waals surface area contributed by atoms with Crippen molar-refractivity contribution in [3.63, 3.8) is 0 Å². The highest BCUT2D eigenvalue weighted by Gasteiger charge is 2.00. The van der Waals surface area contributed by atoms with Crippen LogP contribution in [0.25, 0.3) is 0 Å². The standard InChI is InChI=1S/C8H11N.H3O4P/c1-2-7-3-5-8(9)6-4-7;1-5(2,3)4/h3-6H,2,9H2,1H3;(H3,1,2,3,4). The van der Waals surface area contributed by atoms with Crippen molar-refractivity contribution >= 4 is 13.5 Å². The first-order chi connectivity index (χ1) is 6.33. The Hall–Kier alpha value is -0.870. The van der Waals surface area contributed by atoms with E-state index in [1.807, 2.05) is 12.1 Å². The summed E-state index contributed by atoms with van der Waals surface area (Å²) in [4.78, 5) is 21.6. The number of aryl methyl sites for hydroxylation is 1. The SMILES string of the molecule is CCc1ccc(N)cc1.O=P(O)(O)O. The molecule has 0 saturated heterocycles. The lowest BCUT2D eigenvalue weighted by Gasteiger charge is -1.94. The van der Waals surface area contributed by atoms with Gasteiger partial charge in [0, 0.05) is 5.69 Å². The van der Waals surface area contributed by atoms with Crippen molar-refractivity contribution in [2.24, 2.45) is 0 Å². The molecule has 0 fully saturated rings. The predicted molar refractivity (Wildman–Crippen MR) is 54.5 cm³/mol. The van der Waals surface area contributed by atoms with Gasteiger partial charge in [0.1, 0.15) is 0 Å². The summed E-state index contributed by atoms with van der Waals surface area (Å²) in [5.41, 5.74) is 7.66. The van der Waals surface area contributed by atoms with E-state index in [9.17, 15) is 0 Å². The van der Waals surface area contributed by atoms with Crippen molar-refractivity contribution in [2.45, 2.75) is 13.3 Å². The molecule has 0 bridgehead atoms. The van der Waals surface area contributed by atoms with Gasteiger partial charge in [-0.25, -0.2) is 4.57 Å². The molecule has 0 aliphatic rings. The zero-order valence-electron chi connectivity index (χ0n) is 7.79. The molecule has 1 aromatic carbocycles. The van der Waals surface area contributed by atoms with E-state index in [1.165, 1.54) is 5.56 Å². The topological polar surface area (TPSA) is 104 Å². The summed E-state index contributed by atoms with van der Waals surface area (Å²) < 4.78 is 8.88. The Morgan fingerprint density at radius 2 is 1.57 bits per heavy atom. The minimum atomic E-state index is -4.64. The number of phosphoric acid groups is 1. The van der Waals surface area contributed by atoms with Crippen LogP contribution in [-0.2, 0) is 11.0 Å². The molecule has 5 N–H and O–H groups in total. The van der Waals surface area contributed by atoms with Crippen molar-refractivity contribution in [2.75, 3.05) is 5.73 Å². The second kappa shape index (κ2) is 5.78. The Kier molecular flexibility index (Phi) is 5.42. The third-order valence-corrected chi connectivity index (χ3v) is 1.39. The van der Waals surface area contributed by atoms with Gasteiger partial charge in [0.25, 0.3) is 0 Å². The Labute approximate surface area is 82.4 Å². The van der Waals surface area contributed by atoms with Crippen LogP contribution in [0.4, 0.5) is 5.69 Å². The first-order valence-corrected chi connectivity index (χ1v) is 5.52. The lowest BCUT2D eigenvalue weighted by atomic mass is 10.2. The molecule has 0 aromatic heterocycles. The molecule has 5 nitrogen and oxygen atoms in total. The van der Waals surface area contributed by atoms with Crippen LogP contribution in [0.1, 0.15) is 12.5 Å². The van der Waals surface area contributed by atoms with Gasteiger partial charge < -0.3 is 20.4 Å².